The predicted octanol–water partition coefficient (Wildman–Crippen LogP) is 17.4. The van der Waals surface area contributed by atoms with Gasteiger partial charge in [-0.05, 0) is 152 Å². The van der Waals surface area contributed by atoms with Crippen LogP contribution in [0.2, 0.25) is 0 Å². The first kappa shape index (κ1) is 40.3. The molecule has 0 N–H and O–H groups in total. The van der Waals surface area contributed by atoms with Gasteiger partial charge in [0.1, 0.15) is 0 Å². The summed E-state index contributed by atoms with van der Waals surface area (Å²) in [5, 5.41) is 0. The zero-order valence-electron chi connectivity index (χ0n) is 38.1. The first-order valence-corrected chi connectivity index (χ1v) is 23.4. The summed E-state index contributed by atoms with van der Waals surface area (Å²) in [4.78, 5) is 4.88. The number of benzene rings is 9. The summed E-state index contributed by atoms with van der Waals surface area (Å²) >= 11 is 0. The van der Waals surface area contributed by atoms with E-state index < -0.39 is 5.41 Å². The Labute approximate surface area is 394 Å². The van der Waals surface area contributed by atoms with Gasteiger partial charge in [0.25, 0.3) is 0 Å². The second-order valence-electron chi connectivity index (χ2n) is 18.4. The molecule has 0 fully saturated rings. The number of fused-ring (bicyclic) bond motifs is 10. The van der Waals surface area contributed by atoms with Crippen molar-refractivity contribution in [3.63, 3.8) is 0 Å². The van der Waals surface area contributed by atoms with Gasteiger partial charge in [-0.2, -0.15) is 0 Å². The predicted molar refractivity (Wildman–Crippen MR) is 282 cm³/mol. The lowest BCUT2D eigenvalue weighted by Crippen LogP contribution is -2.36. The molecule has 0 saturated heterocycles. The van der Waals surface area contributed by atoms with Crippen molar-refractivity contribution >= 4 is 39.7 Å². The first-order chi connectivity index (χ1) is 32.9. The molecule has 1 heterocycles. The Hall–Kier alpha value is -8.20. The molecule has 0 aromatic heterocycles. The molecule has 2 nitrogen and oxygen atoms in total. The maximum atomic E-state index is 4.21. The van der Waals surface area contributed by atoms with Gasteiger partial charge in [0.05, 0.1) is 16.8 Å². The Balaban J connectivity index is 1.03. The van der Waals surface area contributed by atoms with Crippen LogP contribution in [0.4, 0.5) is 34.1 Å². The zero-order chi connectivity index (χ0) is 45.3. The minimum Gasteiger partial charge on any atom is -0.310 e. The fraction of sp³-hybridized carbons (Fsp3) is 0.0769. The monoisotopic (exact) mass is 858 g/mol. The lowest BCUT2D eigenvalue weighted by atomic mass is 9.64. The number of rotatable bonds is 8. The first-order valence-electron chi connectivity index (χ1n) is 23.4. The minimum atomic E-state index is -0.568. The molecular weight excluding hydrogens is 809 g/mol. The number of anilines is 6. The molecule has 320 valence electrons. The summed E-state index contributed by atoms with van der Waals surface area (Å²) < 4.78 is 0. The lowest BCUT2D eigenvalue weighted by molar-refractivity contribution is 0.654. The van der Waals surface area contributed by atoms with Gasteiger partial charge in [0.2, 0.25) is 0 Å². The van der Waals surface area contributed by atoms with E-state index in [1.807, 2.05) is 6.08 Å². The summed E-state index contributed by atoms with van der Waals surface area (Å²) in [6.45, 7) is 11.0. The summed E-state index contributed by atoms with van der Waals surface area (Å²) in [5.41, 5.74) is 23.7. The van der Waals surface area contributed by atoms with Gasteiger partial charge in [-0.15, -0.1) is 0 Å². The van der Waals surface area contributed by atoms with Crippen LogP contribution < -0.4 is 9.80 Å². The van der Waals surface area contributed by atoms with Crippen LogP contribution in [0.15, 0.2) is 249 Å². The highest BCUT2D eigenvalue weighted by atomic mass is 15.2. The molecular formula is C65H50N2. The van der Waals surface area contributed by atoms with E-state index in [1.54, 1.807) is 0 Å². The van der Waals surface area contributed by atoms with Crippen molar-refractivity contribution in [2.24, 2.45) is 0 Å². The zero-order valence-corrected chi connectivity index (χ0v) is 38.1. The van der Waals surface area contributed by atoms with Gasteiger partial charge in [0, 0.05) is 28.2 Å². The molecule has 0 bridgehead atoms. The van der Waals surface area contributed by atoms with Gasteiger partial charge in [0.15, 0.2) is 0 Å². The molecule has 12 rings (SSSR count). The van der Waals surface area contributed by atoms with Crippen molar-refractivity contribution in [3.05, 3.63) is 282 Å². The molecule has 0 atom stereocenters. The fourth-order valence-corrected chi connectivity index (χ4v) is 11.6. The third kappa shape index (κ3) is 6.10. The summed E-state index contributed by atoms with van der Waals surface area (Å²) in [6.07, 6.45) is 6.40. The highest BCUT2D eigenvalue weighted by Gasteiger charge is 2.52. The van der Waals surface area contributed by atoms with Gasteiger partial charge < -0.3 is 9.80 Å². The Bertz CT molecular complexity index is 3400. The highest BCUT2D eigenvalue weighted by Crippen LogP contribution is 2.64. The van der Waals surface area contributed by atoms with E-state index in [0.29, 0.717) is 0 Å². The highest BCUT2D eigenvalue weighted by molar-refractivity contribution is 5.97. The van der Waals surface area contributed by atoms with Crippen LogP contribution in [0, 0.1) is 0 Å². The van der Waals surface area contributed by atoms with Crippen LogP contribution in [0.25, 0.3) is 39.0 Å². The molecule has 0 radical (unpaired) electrons. The van der Waals surface area contributed by atoms with E-state index in [4.69, 9.17) is 0 Å². The summed E-state index contributed by atoms with van der Waals surface area (Å²) in [7, 11) is 0. The minimum absolute atomic E-state index is 0.131. The van der Waals surface area contributed by atoms with E-state index in [-0.39, 0.29) is 5.41 Å². The van der Waals surface area contributed by atoms with Gasteiger partial charge in [-0.1, -0.05) is 190 Å². The number of allylic oxidation sites excluding steroid dienone is 5. The average Bonchev–Trinajstić information content (AvgIpc) is 3.79. The van der Waals surface area contributed by atoms with Crippen LogP contribution in [-0.2, 0) is 10.8 Å². The van der Waals surface area contributed by atoms with Crippen LogP contribution in [0.1, 0.15) is 54.2 Å². The van der Waals surface area contributed by atoms with Crippen LogP contribution in [-0.4, -0.2) is 0 Å². The third-order valence-electron chi connectivity index (χ3n) is 14.6. The Morgan fingerprint density at radius 3 is 1.55 bits per heavy atom. The number of nitrogens with zero attached hydrogens (tertiary/aromatic N) is 2. The smallest absolute Gasteiger partial charge is 0.0755 e. The molecule has 0 unspecified atom stereocenters. The molecule has 9 aromatic carbocycles. The molecule has 2 aliphatic carbocycles. The molecule has 1 aliphatic heterocycles. The molecule has 3 aliphatic rings. The molecule has 2 heteroatoms. The van der Waals surface area contributed by atoms with Crippen LogP contribution >= 0.6 is 0 Å². The number of para-hydroxylation sites is 3. The Kier molecular flexibility index (Phi) is 9.48. The van der Waals surface area contributed by atoms with Crippen molar-refractivity contribution in [2.45, 2.75) is 31.6 Å². The normalized spacial score (nSPS) is 14.6. The maximum Gasteiger partial charge on any atom is 0.0755 e. The van der Waals surface area contributed by atoms with E-state index in [0.717, 1.165) is 22.7 Å². The second kappa shape index (κ2) is 15.8. The molecule has 1 spiro atoms. The van der Waals surface area contributed by atoms with Crippen molar-refractivity contribution in [1.82, 2.24) is 0 Å². The third-order valence-corrected chi connectivity index (χ3v) is 14.6. The average molecular weight is 859 g/mol. The Morgan fingerprint density at radius 2 is 0.925 bits per heavy atom. The molecule has 0 saturated carbocycles. The summed E-state index contributed by atoms with van der Waals surface area (Å²) in [6, 6.07) is 80.9. The molecule has 67 heavy (non-hydrogen) atoms. The van der Waals surface area contributed by atoms with Gasteiger partial charge in [-0.25, -0.2) is 0 Å². The van der Waals surface area contributed by atoms with Crippen LogP contribution in [0.3, 0.4) is 0 Å². The summed E-state index contributed by atoms with van der Waals surface area (Å²) in [5.74, 6) is 0. The van der Waals surface area contributed by atoms with Crippen molar-refractivity contribution < 1.29 is 0 Å². The largest absolute Gasteiger partial charge is 0.310 e. The van der Waals surface area contributed by atoms with Crippen LogP contribution in [0.5, 0.6) is 0 Å². The number of hydrogen-bond acceptors (Lipinski definition) is 2. The van der Waals surface area contributed by atoms with Crippen molar-refractivity contribution in [3.8, 4) is 33.4 Å². The van der Waals surface area contributed by atoms with E-state index in [9.17, 15) is 0 Å². The van der Waals surface area contributed by atoms with Gasteiger partial charge >= 0.3 is 0 Å². The topological polar surface area (TPSA) is 6.48 Å². The SMILES string of the molecule is C=CC1=C(/C=C\C)C(C)(C)c2cc(-c3ccc(N(c4ccc(-c5ccccc5)cc4)c4ccc5c(c4)C4(c6ccccc6-5)c5ccccc5N(c5ccccc5)c5ccccc54)cc3)ccc21. The fourth-order valence-electron chi connectivity index (χ4n) is 11.6. The number of hydrogen-bond donors (Lipinski definition) is 0. The lowest BCUT2D eigenvalue weighted by Gasteiger charge is -2.45. The van der Waals surface area contributed by atoms with E-state index >= 15 is 0 Å². The van der Waals surface area contributed by atoms with Crippen molar-refractivity contribution in [1.29, 1.82) is 0 Å². The second-order valence-corrected chi connectivity index (χ2v) is 18.4. The Morgan fingerprint density at radius 1 is 0.433 bits per heavy atom. The molecule has 9 aromatic rings. The molecule has 0 amide bonds. The van der Waals surface area contributed by atoms with Crippen molar-refractivity contribution in [2.75, 3.05) is 9.80 Å². The standard InChI is InChI=1S/C65H50N2/c1-5-19-56-52(6-2)54-40-34-47(42-60(54)64(56,3)4)46-32-37-50(38-33-46)66(49-35-30-45(31-36-49)44-20-9-7-10-21-44)51-39-41-55-53-24-13-14-25-57(53)65(61(55)43-51)58-26-15-17-28-62(58)67(48-22-11-8-12-23-48)63-29-18-16-27-59(63)65/h5-43H,2H2,1,3-4H3/b19-5-. The quantitative estimate of drug-likeness (QED) is 0.150. The van der Waals surface area contributed by atoms with E-state index in [1.165, 1.54) is 89.3 Å². The van der Waals surface area contributed by atoms with Gasteiger partial charge in [-0.3, -0.25) is 0 Å². The van der Waals surface area contributed by atoms with E-state index in [2.05, 4.69) is 268 Å². The maximum absolute atomic E-state index is 4.21.